The third-order valence-electron chi connectivity index (χ3n) is 4.83. The van der Waals surface area contributed by atoms with Crippen LogP contribution in [-0.4, -0.2) is 22.6 Å². The molecule has 1 aromatic heterocycles. The third-order valence-corrected chi connectivity index (χ3v) is 6.99. The Morgan fingerprint density at radius 3 is 2.53 bits per heavy atom. The van der Waals surface area contributed by atoms with Crippen molar-refractivity contribution in [2.24, 2.45) is 0 Å². The smallest absolute Gasteiger partial charge is 0.255 e. The highest BCUT2D eigenvalue weighted by atomic mass is 32.2. The Bertz CT molecular complexity index is 1320. The zero-order valence-electron chi connectivity index (χ0n) is 17.4. The minimum atomic E-state index is -0.459. The molecule has 0 saturated carbocycles. The van der Waals surface area contributed by atoms with Crippen LogP contribution < -0.4 is 10.6 Å². The van der Waals surface area contributed by atoms with Gasteiger partial charge in [-0.15, -0.1) is 11.3 Å². The van der Waals surface area contributed by atoms with Crippen LogP contribution in [0.15, 0.2) is 65.0 Å². The lowest BCUT2D eigenvalue weighted by atomic mass is 10.1. The van der Waals surface area contributed by atoms with Crippen molar-refractivity contribution in [2.75, 3.05) is 16.4 Å². The van der Waals surface area contributed by atoms with Crippen LogP contribution in [0.3, 0.4) is 0 Å². The minimum Gasteiger partial charge on any atom is -0.325 e. The second kappa shape index (κ2) is 9.50. The quantitative estimate of drug-likeness (QED) is 0.341. The molecular weight excluding hydrogens is 445 g/mol. The van der Waals surface area contributed by atoms with E-state index in [4.69, 9.17) is 0 Å². The lowest BCUT2D eigenvalue weighted by molar-refractivity contribution is -0.113. The van der Waals surface area contributed by atoms with Gasteiger partial charge in [-0.2, -0.15) is 0 Å². The molecule has 0 radical (unpaired) electrons. The van der Waals surface area contributed by atoms with Crippen molar-refractivity contribution in [3.05, 3.63) is 83.2 Å². The number of rotatable bonds is 6. The summed E-state index contributed by atoms with van der Waals surface area (Å²) in [7, 11) is 0. The number of anilines is 2. The molecule has 0 aliphatic rings. The van der Waals surface area contributed by atoms with Crippen LogP contribution in [0.4, 0.5) is 15.8 Å². The summed E-state index contributed by atoms with van der Waals surface area (Å²) < 4.78 is 15.0. The highest BCUT2D eigenvalue weighted by Crippen LogP contribution is 2.31. The normalized spacial score (nSPS) is 10.8. The molecule has 0 fully saturated rings. The first kappa shape index (κ1) is 22.0. The van der Waals surface area contributed by atoms with Crippen LogP contribution in [0, 0.1) is 19.7 Å². The molecule has 3 aromatic carbocycles. The zero-order chi connectivity index (χ0) is 22.7. The number of hydrogen-bond donors (Lipinski definition) is 2. The minimum absolute atomic E-state index is 0.0967. The maximum Gasteiger partial charge on any atom is 0.255 e. The number of nitrogens with zero attached hydrogens (tertiary/aromatic N) is 1. The first-order chi connectivity index (χ1) is 15.4. The van der Waals surface area contributed by atoms with Crippen LogP contribution in [0.1, 0.15) is 21.5 Å². The number of nitrogens with one attached hydrogen (secondary N) is 2. The molecule has 5 nitrogen and oxygen atoms in total. The van der Waals surface area contributed by atoms with Crippen molar-refractivity contribution in [3.8, 4) is 0 Å². The monoisotopic (exact) mass is 465 g/mol. The van der Waals surface area contributed by atoms with E-state index < -0.39 is 5.82 Å². The fraction of sp³-hybridized carbons (Fsp3) is 0.125. The van der Waals surface area contributed by atoms with Crippen LogP contribution in [0.5, 0.6) is 0 Å². The van der Waals surface area contributed by atoms with Gasteiger partial charge in [-0.1, -0.05) is 23.9 Å². The molecular formula is C24H20FN3O2S2. The first-order valence-corrected chi connectivity index (χ1v) is 11.6. The Morgan fingerprint density at radius 2 is 1.75 bits per heavy atom. The number of carbonyl (C=O) groups excluding carboxylic acids is 2. The van der Waals surface area contributed by atoms with E-state index in [1.165, 1.54) is 46.9 Å². The second-order valence-corrected chi connectivity index (χ2v) is 9.52. The molecule has 32 heavy (non-hydrogen) atoms. The number of aromatic nitrogens is 1. The summed E-state index contributed by atoms with van der Waals surface area (Å²) in [5, 5.41) is 5.68. The summed E-state index contributed by atoms with van der Waals surface area (Å²) in [6, 6.07) is 16.8. The molecule has 0 saturated heterocycles. The molecule has 1 heterocycles. The van der Waals surface area contributed by atoms with Gasteiger partial charge in [-0.05, 0) is 73.5 Å². The van der Waals surface area contributed by atoms with Gasteiger partial charge in [0.1, 0.15) is 5.82 Å². The average Bonchev–Trinajstić information content (AvgIpc) is 3.17. The number of hydrogen-bond acceptors (Lipinski definition) is 5. The summed E-state index contributed by atoms with van der Waals surface area (Å²) >= 11 is 2.82. The van der Waals surface area contributed by atoms with E-state index in [1.54, 1.807) is 12.1 Å². The zero-order valence-corrected chi connectivity index (χ0v) is 19.1. The van der Waals surface area contributed by atoms with Crippen molar-refractivity contribution in [2.45, 2.75) is 18.2 Å². The number of thiazole rings is 1. The summed E-state index contributed by atoms with van der Waals surface area (Å²) in [6.07, 6.45) is 0. The Labute approximate surface area is 193 Å². The second-order valence-electron chi connectivity index (χ2n) is 7.26. The fourth-order valence-corrected chi connectivity index (χ4v) is 4.93. The Balaban J connectivity index is 1.38. The third kappa shape index (κ3) is 5.33. The van der Waals surface area contributed by atoms with E-state index in [-0.39, 0.29) is 23.1 Å². The Hall–Kier alpha value is -3.23. The number of benzene rings is 3. The van der Waals surface area contributed by atoms with E-state index in [9.17, 15) is 14.0 Å². The van der Waals surface area contributed by atoms with Crippen LogP contribution in [-0.2, 0) is 4.79 Å². The average molecular weight is 466 g/mol. The Morgan fingerprint density at radius 1 is 0.969 bits per heavy atom. The lowest BCUT2D eigenvalue weighted by Gasteiger charge is -2.06. The van der Waals surface area contributed by atoms with E-state index in [2.05, 4.69) is 15.6 Å². The molecule has 2 amide bonds. The molecule has 0 spiro atoms. The number of aryl methyl sites for hydroxylation is 2. The van der Waals surface area contributed by atoms with E-state index in [1.807, 2.05) is 44.2 Å². The largest absolute Gasteiger partial charge is 0.325 e. The first-order valence-electron chi connectivity index (χ1n) is 9.85. The topological polar surface area (TPSA) is 71.1 Å². The van der Waals surface area contributed by atoms with Crippen molar-refractivity contribution in [1.29, 1.82) is 0 Å². The number of carbonyl (C=O) groups is 2. The van der Waals surface area contributed by atoms with Gasteiger partial charge in [0.2, 0.25) is 5.91 Å². The summed E-state index contributed by atoms with van der Waals surface area (Å²) in [5.74, 6) is -0.694. The van der Waals surface area contributed by atoms with Crippen molar-refractivity contribution in [3.63, 3.8) is 0 Å². The molecule has 2 N–H and O–H groups in total. The van der Waals surface area contributed by atoms with E-state index >= 15 is 0 Å². The van der Waals surface area contributed by atoms with Gasteiger partial charge in [-0.3, -0.25) is 9.59 Å². The van der Waals surface area contributed by atoms with Crippen molar-refractivity contribution in [1.82, 2.24) is 4.98 Å². The molecule has 4 rings (SSSR count). The van der Waals surface area contributed by atoms with Gasteiger partial charge in [0.25, 0.3) is 5.91 Å². The van der Waals surface area contributed by atoms with Gasteiger partial charge >= 0.3 is 0 Å². The van der Waals surface area contributed by atoms with Crippen molar-refractivity contribution >= 4 is 56.5 Å². The number of halogens is 1. The van der Waals surface area contributed by atoms with E-state index in [0.29, 0.717) is 5.69 Å². The van der Waals surface area contributed by atoms with Gasteiger partial charge in [-0.25, -0.2) is 9.37 Å². The molecule has 0 atom stereocenters. The fourth-order valence-electron chi connectivity index (χ4n) is 3.02. The lowest BCUT2D eigenvalue weighted by Crippen LogP contribution is -2.14. The number of thioether (sulfide) groups is 1. The Kier molecular flexibility index (Phi) is 6.53. The molecule has 8 heteroatoms. The van der Waals surface area contributed by atoms with Gasteiger partial charge in [0, 0.05) is 16.9 Å². The van der Waals surface area contributed by atoms with Gasteiger partial charge < -0.3 is 10.6 Å². The molecule has 0 aliphatic carbocycles. The summed E-state index contributed by atoms with van der Waals surface area (Å²) in [4.78, 5) is 29.2. The number of fused-ring (bicyclic) bond motifs is 1. The maximum atomic E-state index is 13.3. The van der Waals surface area contributed by atoms with Crippen LogP contribution in [0.25, 0.3) is 10.2 Å². The standard InChI is InChI=1S/C24H20FN3O2S2/c1-14-6-7-18(10-15(14)2)26-22(29)13-31-24-28-20-9-8-19(12-21(20)32-24)27-23(30)16-4-3-5-17(25)11-16/h3-12H,13H2,1-2H3,(H,26,29)(H,27,30). The van der Waals surface area contributed by atoms with Crippen LogP contribution in [0.2, 0.25) is 0 Å². The molecule has 0 bridgehead atoms. The molecule has 4 aromatic rings. The maximum absolute atomic E-state index is 13.3. The predicted octanol–water partition coefficient (Wildman–Crippen LogP) is 6.04. The number of amides is 2. The molecule has 162 valence electrons. The molecule has 0 aliphatic heterocycles. The van der Waals surface area contributed by atoms with Gasteiger partial charge in [0.05, 0.1) is 16.0 Å². The van der Waals surface area contributed by atoms with Crippen molar-refractivity contribution < 1.29 is 14.0 Å². The highest BCUT2D eigenvalue weighted by molar-refractivity contribution is 8.01. The SMILES string of the molecule is Cc1ccc(NC(=O)CSc2nc3ccc(NC(=O)c4cccc(F)c4)cc3s2)cc1C. The van der Waals surface area contributed by atoms with E-state index in [0.717, 1.165) is 25.8 Å². The molecule has 0 unspecified atom stereocenters. The van der Waals surface area contributed by atoms with Crippen LogP contribution >= 0.6 is 23.1 Å². The summed E-state index contributed by atoms with van der Waals surface area (Å²) in [5.41, 5.74) is 4.72. The predicted molar refractivity (Wildman–Crippen MR) is 129 cm³/mol. The highest BCUT2D eigenvalue weighted by Gasteiger charge is 2.11. The summed E-state index contributed by atoms with van der Waals surface area (Å²) in [6.45, 7) is 4.04. The van der Waals surface area contributed by atoms with Gasteiger partial charge in [0.15, 0.2) is 4.34 Å².